The molecular formula is C7H11NO2. The molecule has 1 fully saturated rings. The van der Waals surface area contributed by atoms with Crippen LogP contribution >= 0.6 is 0 Å². The van der Waals surface area contributed by atoms with Crippen LogP contribution in [-0.4, -0.2) is 28.7 Å². The third kappa shape index (κ3) is 1.12. The third-order valence-corrected chi connectivity index (χ3v) is 1.76. The third-order valence-electron chi connectivity index (χ3n) is 1.76. The van der Waals surface area contributed by atoms with Crippen LogP contribution in [0.25, 0.3) is 0 Å². The summed E-state index contributed by atoms with van der Waals surface area (Å²) in [6.45, 7) is 6.14. The molecule has 1 amide bonds. The van der Waals surface area contributed by atoms with Gasteiger partial charge in [0.15, 0.2) is 0 Å². The van der Waals surface area contributed by atoms with Crippen LogP contribution in [0.4, 0.5) is 4.79 Å². The standard InChI is InChI=1S/C7H11NO2/c1-5-3-6(2)8(4-5)7(9)10/h6H,1,3-4H2,2H3,(H,9,10). The van der Waals surface area contributed by atoms with E-state index in [1.54, 1.807) is 0 Å². The molecule has 1 aliphatic rings. The molecule has 0 aromatic heterocycles. The van der Waals surface area contributed by atoms with Crippen LogP contribution in [0.2, 0.25) is 0 Å². The molecule has 0 spiro atoms. The van der Waals surface area contributed by atoms with Crippen LogP contribution in [0.3, 0.4) is 0 Å². The van der Waals surface area contributed by atoms with Gasteiger partial charge in [0.1, 0.15) is 0 Å². The molecule has 1 saturated heterocycles. The van der Waals surface area contributed by atoms with Crippen molar-refractivity contribution in [2.24, 2.45) is 0 Å². The molecular weight excluding hydrogens is 130 g/mol. The summed E-state index contributed by atoms with van der Waals surface area (Å²) in [5.41, 5.74) is 1.01. The first-order valence-corrected chi connectivity index (χ1v) is 3.27. The maximum absolute atomic E-state index is 10.4. The lowest BCUT2D eigenvalue weighted by atomic mass is 10.2. The molecule has 1 heterocycles. The van der Waals surface area contributed by atoms with E-state index in [0.717, 1.165) is 12.0 Å². The van der Waals surface area contributed by atoms with E-state index in [1.807, 2.05) is 6.92 Å². The molecule has 56 valence electrons. The zero-order chi connectivity index (χ0) is 7.72. The van der Waals surface area contributed by atoms with E-state index < -0.39 is 6.09 Å². The molecule has 10 heavy (non-hydrogen) atoms. The van der Waals surface area contributed by atoms with Crippen molar-refractivity contribution in [2.75, 3.05) is 6.54 Å². The van der Waals surface area contributed by atoms with Crippen LogP contribution < -0.4 is 0 Å². The minimum Gasteiger partial charge on any atom is -0.465 e. The van der Waals surface area contributed by atoms with Gasteiger partial charge in [0.2, 0.25) is 0 Å². The first kappa shape index (κ1) is 7.12. The maximum Gasteiger partial charge on any atom is 0.407 e. The Morgan fingerprint density at radius 2 is 2.50 bits per heavy atom. The summed E-state index contributed by atoms with van der Waals surface area (Å²) in [5.74, 6) is 0. The lowest BCUT2D eigenvalue weighted by molar-refractivity contribution is 0.144. The monoisotopic (exact) mass is 141 g/mol. The molecule has 3 nitrogen and oxygen atoms in total. The number of rotatable bonds is 0. The van der Waals surface area contributed by atoms with E-state index in [4.69, 9.17) is 5.11 Å². The summed E-state index contributed by atoms with van der Waals surface area (Å²) in [7, 11) is 0. The number of hydrogen-bond acceptors (Lipinski definition) is 1. The summed E-state index contributed by atoms with van der Waals surface area (Å²) in [5, 5.41) is 8.59. The number of amides is 1. The molecule has 1 rings (SSSR count). The average molecular weight is 141 g/mol. The molecule has 0 radical (unpaired) electrons. The number of likely N-dealkylation sites (tertiary alicyclic amines) is 1. The Labute approximate surface area is 59.9 Å². The van der Waals surface area contributed by atoms with Crippen molar-refractivity contribution in [1.82, 2.24) is 4.90 Å². The molecule has 1 unspecified atom stereocenters. The van der Waals surface area contributed by atoms with Crippen molar-refractivity contribution in [3.8, 4) is 0 Å². The molecule has 3 heteroatoms. The zero-order valence-electron chi connectivity index (χ0n) is 6.00. The number of carboxylic acid groups (broad SMARTS) is 1. The normalized spacial score (nSPS) is 25.5. The quantitative estimate of drug-likeness (QED) is 0.517. The largest absolute Gasteiger partial charge is 0.465 e. The molecule has 1 atom stereocenters. The highest BCUT2D eigenvalue weighted by molar-refractivity contribution is 5.66. The second kappa shape index (κ2) is 2.33. The van der Waals surface area contributed by atoms with Crippen LogP contribution in [0.5, 0.6) is 0 Å². The van der Waals surface area contributed by atoms with Gasteiger partial charge in [-0.3, -0.25) is 0 Å². The van der Waals surface area contributed by atoms with Gasteiger partial charge in [-0.2, -0.15) is 0 Å². The topological polar surface area (TPSA) is 40.5 Å². The minimum absolute atomic E-state index is 0.116. The predicted octanol–water partition coefficient (Wildman–Crippen LogP) is 1.31. The van der Waals surface area contributed by atoms with Gasteiger partial charge in [0, 0.05) is 12.6 Å². The van der Waals surface area contributed by atoms with E-state index in [9.17, 15) is 4.79 Å². The van der Waals surface area contributed by atoms with Crippen molar-refractivity contribution in [3.05, 3.63) is 12.2 Å². The highest BCUT2D eigenvalue weighted by atomic mass is 16.4. The highest BCUT2D eigenvalue weighted by Crippen LogP contribution is 2.19. The summed E-state index contributed by atoms with van der Waals surface area (Å²) < 4.78 is 0. The van der Waals surface area contributed by atoms with Crippen LogP contribution in [0, 0.1) is 0 Å². The fraction of sp³-hybridized carbons (Fsp3) is 0.571. The summed E-state index contributed by atoms with van der Waals surface area (Å²) in [4.78, 5) is 11.8. The first-order chi connectivity index (χ1) is 4.61. The van der Waals surface area contributed by atoms with Gasteiger partial charge in [-0.05, 0) is 13.3 Å². The maximum atomic E-state index is 10.4. The van der Waals surface area contributed by atoms with Crippen molar-refractivity contribution in [1.29, 1.82) is 0 Å². The first-order valence-electron chi connectivity index (χ1n) is 3.27. The Kier molecular flexibility index (Phi) is 1.66. The van der Waals surface area contributed by atoms with Crippen LogP contribution in [0.15, 0.2) is 12.2 Å². The highest BCUT2D eigenvalue weighted by Gasteiger charge is 2.26. The van der Waals surface area contributed by atoms with Crippen LogP contribution in [0.1, 0.15) is 13.3 Å². The van der Waals surface area contributed by atoms with Gasteiger partial charge in [-0.1, -0.05) is 12.2 Å². The fourth-order valence-corrected chi connectivity index (χ4v) is 1.25. The van der Waals surface area contributed by atoms with E-state index in [0.29, 0.717) is 6.54 Å². The molecule has 0 bridgehead atoms. The summed E-state index contributed by atoms with van der Waals surface area (Å²) in [6.07, 6.45) is -0.0297. The molecule has 1 N–H and O–H groups in total. The predicted molar refractivity (Wildman–Crippen MR) is 37.9 cm³/mol. The number of carbonyl (C=O) groups is 1. The lowest BCUT2D eigenvalue weighted by Gasteiger charge is -2.15. The number of nitrogens with zero attached hydrogens (tertiary/aromatic N) is 1. The summed E-state index contributed by atoms with van der Waals surface area (Å²) >= 11 is 0. The summed E-state index contributed by atoms with van der Waals surface area (Å²) in [6, 6.07) is 0.116. The fourth-order valence-electron chi connectivity index (χ4n) is 1.25. The van der Waals surface area contributed by atoms with E-state index >= 15 is 0 Å². The Morgan fingerprint density at radius 3 is 2.70 bits per heavy atom. The van der Waals surface area contributed by atoms with Crippen molar-refractivity contribution >= 4 is 6.09 Å². The second-order valence-corrected chi connectivity index (χ2v) is 2.71. The van der Waals surface area contributed by atoms with Crippen molar-refractivity contribution in [3.63, 3.8) is 0 Å². The molecule has 0 aliphatic carbocycles. The van der Waals surface area contributed by atoms with Gasteiger partial charge in [0.05, 0.1) is 0 Å². The SMILES string of the molecule is C=C1CC(C)N(C(=O)O)C1. The van der Waals surface area contributed by atoms with E-state index in [-0.39, 0.29) is 6.04 Å². The Bertz CT molecular complexity index is 176. The smallest absolute Gasteiger partial charge is 0.407 e. The lowest BCUT2D eigenvalue weighted by Crippen LogP contribution is -2.31. The minimum atomic E-state index is -0.842. The Hall–Kier alpha value is -0.990. The second-order valence-electron chi connectivity index (χ2n) is 2.71. The Balaban J connectivity index is 2.63. The average Bonchev–Trinajstić information content (AvgIpc) is 2.10. The molecule has 0 aromatic carbocycles. The van der Waals surface area contributed by atoms with Crippen LogP contribution in [-0.2, 0) is 0 Å². The van der Waals surface area contributed by atoms with Gasteiger partial charge in [-0.15, -0.1) is 0 Å². The van der Waals surface area contributed by atoms with Gasteiger partial charge in [0.25, 0.3) is 0 Å². The Morgan fingerprint density at radius 1 is 1.90 bits per heavy atom. The van der Waals surface area contributed by atoms with E-state index in [1.165, 1.54) is 4.90 Å². The van der Waals surface area contributed by atoms with Gasteiger partial charge < -0.3 is 10.0 Å². The number of hydrogen-bond donors (Lipinski definition) is 1. The molecule has 0 aromatic rings. The van der Waals surface area contributed by atoms with Gasteiger partial charge >= 0.3 is 6.09 Å². The van der Waals surface area contributed by atoms with Crippen molar-refractivity contribution in [2.45, 2.75) is 19.4 Å². The van der Waals surface area contributed by atoms with Gasteiger partial charge in [-0.25, -0.2) is 4.79 Å². The van der Waals surface area contributed by atoms with E-state index in [2.05, 4.69) is 6.58 Å². The van der Waals surface area contributed by atoms with Crippen molar-refractivity contribution < 1.29 is 9.90 Å². The molecule has 0 saturated carbocycles. The molecule has 1 aliphatic heterocycles. The zero-order valence-corrected chi connectivity index (χ0v) is 6.00.